The van der Waals surface area contributed by atoms with E-state index in [-0.39, 0.29) is 0 Å². The lowest BCUT2D eigenvalue weighted by molar-refractivity contribution is 0.415. The molecule has 0 aliphatic rings. The van der Waals surface area contributed by atoms with Gasteiger partial charge in [-0.2, -0.15) is 0 Å². The Morgan fingerprint density at radius 3 is 2.95 bits per heavy atom. The van der Waals surface area contributed by atoms with Crippen molar-refractivity contribution in [1.82, 2.24) is 9.97 Å². The van der Waals surface area contributed by atoms with Crippen molar-refractivity contribution >= 4 is 60.0 Å². The number of rotatable bonds is 3. The molecule has 0 unspecified atom stereocenters. The van der Waals surface area contributed by atoms with Crippen molar-refractivity contribution in [3.8, 4) is 5.75 Å². The Morgan fingerprint density at radius 1 is 1.35 bits per heavy atom. The number of anilines is 2. The Labute approximate surface area is 132 Å². The lowest BCUT2D eigenvalue weighted by Crippen LogP contribution is -1.93. The van der Waals surface area contributed by atoms with E-state index in [2.05, 4.69) is 31.2 Å². The summed E-state index contributed by atoms with van der Waals surface area (Å²) in [6, 6.07) is 7.55. The third-order valence-electron chi connectivity index (χ3n) is 2.63. The van der Waals surface area contributed by atoms with E-state index in [4.69, 9.17) is 16.3 Å². The minimum Gasteiger partial charge on any atom is -0.497 e. The Bertz CT molecular complexity index is 777. The van der Waals surface area contributed by atoms with Gasteiger partial charge in [0.1, 0.15) is 5.75 Å². The molecule has 0 aliphatic carbocycles. The summed E-state index contributed by atoms with van der Waals surface area (Å²) in [4.78, 5) is 8.72. The first-order chi connectivity index (χ1) is 9.65. The molecule has 0 saturated carbocycles. The van der Waals surface area contributed by atoms with E-state index in [1.807, 2.05) is 18.2 Å². The van der Waals surface area contributed by atoms with Crippen LogP contribution in [0.1, 0.15) is 0 Å². The zero-order valence-electron chi connectivity index (χ0n) is 10.4. The van der Waals surface area contributed by atoms with Gasteiger partial charge in [0, 0.05) is 10.7 Å². The van der Waals surface area contributed by atoms with Gasteiger partial charge in [-0.3, -0.25) is 0 Å². The molecule has 102 valence electrons. The summed E-state index contributed by atoms with van der Waals surface area (Å²) in [5.41, 5.74) is 0.909. The van der Waals surface area contributed by atoms with Crippen LogP contribution in [0.25, 0.3) is 10.2 Å². The predicted molar refractivity (Wildman–Crippen MR) is 86.4 cm³/mol. The molecule has 0 aliphatic heterocycles. The van der Waals surface area contributed by atoms with E-state index in [1.54, 1.807) is 19.4 Å². The standard InChI is InChI=1S/C13H9BrClN3OS/c1-19-8-2-3-10-11(5-8)20-13(17-10)18-12-9(15)4-7(14)6-16-12/h2-6H,1H3,(H,16,17,18). The van der Waals surface area contributed by atoms with Crippen LogP contribution in [-0.4, -0.2) is 17.1 Å². The van der Waals surface area contributed by atoms with Gasteiger partial charge < -0.3 is 10.1 Å². The Morgan fingerprint density at radius 2 is 2.20 bits per heavy atom. The third-order valence-corrected chi connectivity index (χ3v) is 4.28. The van der Waals surface area contributed by atoms with E-state index < -0.39 is 0 Å². The van der Waals surface area contributed by atoms with Crippen LogP contribution in [-0.2, 0) is 0 Å². The second kappa shape index (κ2) is 5.55. The summed E-state index contributed by atoms with van der Waals surface area (Å²) >= 11 is 11.0. The molecule has 0 saturated heterocycles. The molecule has 0 amide bonds. The summed E-state index contributed by atoms with van der Waals surface area (Å²) in [6.07, 6.45) is 1.69. The van der Waals surface area contributed by atoms with Crippen molar-refractivity contribution in [2.75, 3.05) is 12.4 Å². The molecule has 20 heavy (non-hydrogen) atoms. The van der Waals surface area contributed by atoms with E-state index in [9.17, 15) is 0 Å². The highest BCUT2D eigenvalue weighted by atomic mass is 79.9. The van der Waals surface area contributed by atoms with Gasteiger partial charge in [0.2, 0.25) is 0 Å². The van der Waals surface area contributed by atoms with Gasteiger partial charge in [-0.05, 0) is 40.2 Å². The van der Waals surface area contributed by atoms with Gasteiger partial charge in [0.05, 0.1) is 22.3 Å². The van der Waals surface area contributed by atoms with Crippen LogP contribution < -0.4 is 10.1 Å². The smallest absolute Gasteiger partial charge is 0.189 e. The van der Waals surface area contributed by atoms with E-state index >= 15 is 0 Å². The third kappa shape index (κ3) is 2.72. The monoisotopic (exact) mass is 369 g/mol. The van der Waals surface area contributed by atoms with E-state index in [0.29, 0.717) is 10.8 Å². The molecular formula is C13H9BrClN3OS. The molecule has 1 N–H and O–H groups in total. The van der Waals surface area contributed by atoms with Gasteiger partial charge in [-0.25, -0.2) is 9.97 Å². The molecule has 0 radical (unpaired) electrons. The molecule has 3 rings (SSSR count). The lowest BCUT2D eigenvalue weighted by Gasteiger charge is -2.03. The maximum absolute atomic E-state index is 6.13. The Hall–Kier alpha value is -1.37. The molecule has 4 nitrogen and oxygen atoms in total. The van der Waals surface area contributed by atoms with E-state index in [1.165, 1.54) is 11.3 Å². The van der Waals surface area contributed by atoms with Crippen LogP contribution in [0.3, 0.4) is 0 Å². The number of pyridine rings is 1. The van der Waals surface area contributed by atoms with E-state index in [0.717, 1.165) is 25.6 Å². The summed E-state index contributed by atoms with van der Waals surface area (Å²) < 4.78 is 7.08. The van der Waals surface area contributed by atoms with Crippen LogP contribution in [0.15, 0.2) is 34.9 Å². The number of nitrogens with one attached hydrogen (secondary N) is 1. The molecule has 7 heteroatoms. The van der Waals surface area contributed by atoms with Gasteiger partial charge in [0.25, 0.3) is 0 Å². The van der Waals surface area contributed by atoms with Crippen molar-refractivity contribution in [2.24, 2.45) is 0 Å². The Balaban J connectivity index is 1.94. The Kier molecular flexibility index (Phi) is 3.78. The van der Waals surface area contributed by atoms with Crippen LogP contribution >= 0.6 is 38.9 Å². The highest BCUT2D eigenvalue weighted by molar-refractivity contribution is 9.10. The topological polar surface area (TPSA) is 47.0 Å². The molecule has 0 fully saturated rings. The number of fused-ring (bicyclic) bond motifs is 1. The number of hydrogen-bond donors (Lipinski definition) is 1. The first-order valence-corrected chi connectivity index (χ1v) is 7.67. The molecule has 0 bridgehead atoms. The summed E-state index contributed by atoms with van der Waals surface area (Å²) in [5, 5.41) is 4.41. The fraction of sp³-hybridized carbons (Fsp3) is 0.0769. The number of ether oxygens (including phenoxy) is 1. The van der Waals surface area contributed by atoms with Gasteiger partial charge in [-0.1, -0.05) is 22.9 Å². The first kappa shape index (κ1) is 13.6. The molecule has 2 heterocycles. The summed E-state index contributed by atoms with van der Waals surface area (Å²) in [6.45, 7) is 0. The number of aromatic nitrogens is 2. The van der Waals surface area contributed by atoms with Crippen LogP contribution in [0.2, 0.25) is 5.02 Å². The number of thiazole rings is 1. The van der Waals surface area contributed by atoms with Gasteiger partial charge >= 0.3 is 0 Å². The zero-order chi connectivity index (χ0) is 14.1. The van der Waals surface area contributed by atoms with Crippen LogP contribution in [0, 0.1) is 0 Å². The molecule has 2 aromatic heterocycles. The fourth-order valence-corrected chi connectivity index (χ4v) is 3.26. The minimum absolute atomic E-state index is 0.538. The molecule has 3 aromatic rings. The average Bonchev–Trinajstić information content (AvgIpc) is 2.83. The molecular weight excluding hydrogens is 362 g/mol. The zero-order valence-corrected chi connectivity index (χ0v) is 13.5. The predicted octanol–water partition coefficient (Wildman–Crippen LogP) is 4.86. The fourth-order valence-electron chi connectivity index (χ4n) is 1.69. The lowest BCUT2D eigenvalue weighted by atomic mass is 10.3. The highest BCUT2D eigenvalue weighted by Crippen LogP contribution is 2.32. The largest absolute Gasteiger partial charge is 0.497 e. The molecule has 0 spiro atoms. The number of hydrogen-bond acceptors (Lipinski definition) is 5. The highest BCUT2D eigenvalue weighted by Gasteiger charge is 2.08. The number of halogens is 2. The molecule has 1 aromatic carbocycles. The van der Waals surface area contributed by atoms with Crippen molar-refractivity contribution in [1.29, 1.82) is 0 Å². The quantitative estimate of drug-likeness (QED) is 0.715. The second-order valence-electron chi connectivity index (χ2n) is 3.96. The number of benzene rings is 1. The summed E-state index contributed by atoms with van der Waals surface area (Å²) in [7, 11) is 1.65. The SMILES string of the molecule is COc1ccc2nc(Nc3ncc(Br)cc3Cl)sc2c1. The normalized spacial score (nSPS) is 10.8. The van der Waals surface area contributed by atoms with Gasteiger partial charge in [0.15, 0.2) is 10.9 Å². The number of methoxy groups -OCH3 is 1. The maximum atomic E-state index is 6.13. The van der Waals surface area contributed by atoms with Crippen molar-refractivity contribution < 1.29 is 4.74 Å². The second-order valence-corrected chi connectivity index (χ2v) is 6.32. The van der Waals surface area contributed by atoms with Crippen molar-refractivity contribution in [3.05, 3.63) is 40.0 Å². The van der Waals surface area contributed by atoms with Gasteiger partial charge in [-0.15, -0.1) is 0 Å². The van der Waals surface area contributed by atoms with Crippen molar-refractivity contribution in [2.45, 2.75) is 0 Å². The number of nitrogens with zero attached hydrogens (tertiary/aromatic N) is 2. The average molecular weight is 371 g/mol. The van der Waals surface area contributed by atoms with Crippen molar-refractivity contribution in [3.63, 3.8) is 0 Å². The van der Waals surface area contributed by atoms with Crippen LogP contribution in [0.4, 0.5) is 10.9 Å². The minimum atomic E-state index is 0.538. The summed E-state index contributed by atoms with van der Waals surface area (Å²) in [5.74, 6) is 1.40. The maximum Gasteiger partial charge on any atom is 0.189 e. The van der Waals surface area contributed by atoms with Crippen LogP contribution in [0.5, 0.6) is 5.75 Å². The molecule has 0 atom stereocenters. The first-order valence-electron chi connectivity index (χ1n) is 5.68.